The quantitative estimate of drug-likeness (QED) is 0.215. The van der Waals surface area contributed by atoms with E-state index in [0.29, 0.717) is 0 Å². The molecular formula is C22H45NO2. The molecule has 0 saturated carbocycles. The molecule has 0 aliphatic carbocycles. The molecule has 0 radical (unpaired) electrons. The van der Waals surface area contributed by atoms with Gasteiger partial charge < -0.3 is 10.1 Å². The molecule has 3 nitrogen and oxygen atoms in total. The van der Waals surface area contributed by atoms with Gasteiger partial charge in [0.2, 0.25) is 0 Å². The average Bonchev–Trinajstić information content (AvgIpc) is 2.63. The topological polar surface area (TPSA) is 38.3 Å². The molecule has 0 aromatic rings. The Bertz CT molecular complexity index is 281. The maximum absolute atomic E-state index is 11.2. The first-order valence-corrected chi connectivity index (χ1v) is 11.0. The molecule has 0 aliphatic rings. The van der Waals surface area contributed by atoms with Crippen LogP contribution >= 0.6 is 0 Å². The second kappa shape index (κ2) is 19.8. The van der Waals surface area contributed by atoms with Crippen molar-refractivity contribution in [3.63, 3.8) is 0 Å². The number of hydrogen-bond donors (Lipinski definition) is 1. The number of nitrogens with one attached hydrogen (secondary N) is 1. The van der Waals surface area contributed by atoms with Gasteiger partial charge in [0.1, 0.15) is 6.04 Å². The molecule has 0 saturated heterocycles. The Morgan fingerprint density at radius 2 is 1.08 bits per heavy atom. The van der Waals surface area contributed by atoms with Crippen molar-refractivity contribution in [1.29, 1.82) is 0 Å². The van der Waals surface area contributed by atoms with Crippen LogP contribution in [0.25, 0.3) is 0 Å². The molecule has 1 atom stereocenters. The van der Waals surface area contributed by atoms with E-state index in [-0.39, 0.29) is 12.0 Å². The van der Waals surface area contributed by atoms with Crippen LogP contribution < -0.4 is 5.32 Å². The third kappa shape index (κ3) is 18.0. The van der Waals surface area contributed by atoms with Gasteiger partial charge in [0.25, 0.3) is 0 Å². The second-order valence-corrected chi connectivity index (χ2v) is 7.50. The van der Waals surface area contributed by atoms with E-state index in [2.05, 4.69) is 12.2 Å². The lowest BCUT2D eigenvalue weighted by Crippen LogP contribution is -2.35. The highest BCUT2D eigenvalue weighted by Gasteiger charge is 2.10. The molecule has 150 valence electrons. The lowest BCUT2D eigenvalue weighted by molar-refractivity contribution is -0.142. The van der Waals surface area contributed by atoms with E-state index in [1.54, 1.807) is 0 Å². The van der Waals surface area contributed by atoms with Crippen molar-refractivity contribution < 1.29 is 9.53 Å². The SMILES string of the molecule is CCCCCCCCCCCCCCCCCCNC(C)C(=O)OC. The molecule has 0 amide bonds. The molecule has 0 aromatic carbocycles. The second-order valence-electron chi connectivity index (χ2n) is 7.50. The number of rotatable bonds is 19. The Balaban J connectivity index is 3.08. The first-order valence-electron chi connectivity index (χ1n) is 11.0. The van der Waals surface area contributed by atoms with Crippen LogP contribution in [0.5, 0.6) is 0 Å². The summed E-state index contributed by atoms with van der Waals surface area (Å²) in [4.78, 5) is 11.2. The van der Waals surface area contributed by atoms with E-state index in [0.717, 1.165) is 13.0 Å². The monoisotopic (exact) mass is 355 g/mol. The summed E-state index contributed by atoms with van der Waals surface area (Å²) in [5.74, 6) is -0.170. The van der Waals surface area contributed by atoms with E-state index >= 15 is 0 Å². The number of carbonyl (C=O) groups is 1. The third-order valence-corrected chi connectivity index (χ3v) is 5.04. The predicted molar refractivity (Wildman–Crippen MR) is 109 cm³/mol. The zero-order valence-electron chi connectivity index (χ0n) is 17.4. The van der Waals surface area contributed by atoms with Crippen LogP contribution in [0.3, 0.4) is 0 Å². The average molecular weight is 356 g/mol. The standard InChI is InChI=1S/C22H45NO2/c1-4-5-6-7-8-9-10-11-12-13-14-15-16-17-18-19-20-23-21(2)22(24)25-3/h21,23H,4-20H2,1-3H3. The van der Waals surface area contributed by atoms with Crippen LogP contribution in [0.2, 0.25) is 0 Å². The fourth-order valence-corrected chi connectivity index (χ4v) is 3.25. The van der Waals surface area contributed by atoms with E-state index in [4.69, 9.17) is 4.74 Å². The Morgan fingerprint density at radius 1 is 0.720 bits per heavy atom. The van der Waals surface area contributed by atoms with Gasteiger partial charge in [0, 0.05) is 0 Å². The van der Waals surface area contributed by atoms with Crippen LogP contribution in [0.4, 0.5) is 0 Å². The Morgan fingerprint density at radius 3 is 1.44 bits per heavy atom. The van der Waals surface area contributed by atoms with Crippen molar-refractivity contribution in [2.24, 2.45) is 0 Å². The maximum atomic E-state index is 11.2. The summed E-state index contributed by atoms with van der Waals surface area (Å²) in [5.41, 5.74) is 0. The molecular weight excluding hydrogens is 310 g/mol. The smallest absolute Gasteiger partial charge is 0.322 e. The minimum atomic E-state index is -0.179. The molecule has 0 spiro atoms. The molecule has 25 heavy (non-hydrogen) atoms. The minimum Gasteiger partial charge on any atom is -0.468 e. The number of ether oxygens (including phenoxy) is 1. The molecule has 0 aromatic heterocycles. The summed E-state index contributed by atoms with van der Waals surface area (Å²) in [7, 11) is 1.44. The van der Waals surface area contributed by atoms with E-state index in [1.165, 1.54) is 103 Å². The number of unbranched alkanes of at least 4 members (excludes halogenated alkanes) is 15. The Labute approximate surface area is 157 Å². The van der Waals surface area contributed by atoms with Gasteiger partial charge in [-0.1, -0.05) is 103 Å². The highest BCUT2D eigenvalue weighted by atomic mass is 16.5. The van der Waals surface area contributed by atoms with Gasteiger partial charge in [0.15, 0.2) is 0 Å². The molecule has 0 rings (SSSR count). The molecule has 3 heteroatoms. The van der Waals surface area contributed by atoms with Crippen molar-refractivity contribution in [2.75, 3.05) is 13.7 Å². The van der Waals surface area contributed by atoms with Crippen LogP contribution in [0, 0.1) is 0 Å². The highest BCUT2D eigenvalue weighted by molar-refractivity contribution is 5.74. The van der Waals surface area contributed by atoms with Crippen molar-refractivity contribution in [3.05, 3.63) is 0 Å². The summed E-state index contributed by atoms with van der Waals surface area (Å²) < 4.78 is 4.69. The molecule has 0 aliphatic heterocycles. The van der Waals surface area contributed by atoms with E-state index in [9.17, 15) is 4.79 Å². The number of methoxy groups -OCH3 is 1. The summed E-state index contributed by atoms with van der Waals surface area (Å²) in [6, 6.07) is -0.179. The van der Waals surface area contributed by atoms with Crippen LogP contribution in [-0.2, 0) is 9.53 Å². The molecule has 1 N–H and O–H groups in total. The summed E-state index contributed by atoms with van der Waals surface area (Å²) in [6.07, 6.45) is 22.2. The van der Waals surface area contributed by atoms with Crippen molar-refractivity contribution in [1.82, 2.24) is 5.32 Å². The Kier molecular flexibility index (Phi) is 19.3. The fraction of sp³-hybridized carbons (Fsp3) is 0.955. The lowest BCUT2D eigenvalue weighted by atomic mass is 10.0. The summed E-state index contributed by atoms with van der Waals surface area (Å²) in [5, 5.41) is 3.21. The zero-order valence-corrected chi connectivity index (χ0v) is 17.4. The minimum absolute atomic E-state index is 0.170. The molecule has 1 unspecified atom stereocenters. The molecule has 0 fully saturated rings. The van der Waals surface area contributed by atoms with Crippen molar-refractivity contribution >= 4 is 5.97 Å². The van der Waals surface area contributed by atoms with Gasteiger partial charge in [-0.05, 0) is 19.9 Å². The van der Waals surface area contributed by atoms with Crippen molar-refractivity contribution in [2.45, 2.75) is 123 Å². The predicted octanol–water partition coefficient (Wildman–Crippen LogP) is 6.40. The number of hydrogen-bond acceptors (Lipinski definition) is 3. The maximum Gasteiger partial charge on any atom is 0.322 e. The Hall–Kier alpha value is -0.570. The lowest BCUT2D eigenvalue weighted by Gasteiger charge is -2.10. The van der Waals surface area contributed by atoms with E-state index < -0.39 is 0 Å². The first kappa shape index (κ1) is 24.4. The van der Waals surface area contributed by atoms with Crippen LogP contribution in [-0.4, -0.2) is 25.7 Å². The largest absolute Gasteiger partial charge is 0.468 e. The summed E-state index contributed by atoms with van der Waals surface area (Å²) in [6.45, 7) is 5.05. The molecule has 0 bridgehead atoms. The fourth-order valence-electron chi connectivity index (χ4n) is 3.25. The van der Waals surface area contributed by atoms with Gasteiger partial charge in [-0.2, -0.15) is 0 Å². The third-order valence-electron chi connectivity index (χ3n) is 5.04. The zero-order chi connectivity index (χ0) is 18.6. The van der Waals surface area contributed by atoms with Crippen LogP contribution in [0.1, 0.15) is 117 Å². The van der Waals surface area contributed by atoms with E-state index in [1.807, 2.05) is 6.92 Å². The van der Waals surface area contributed by atoms with Gasteiger partial charge in [-0.15, -0.1) is 0 Å². The first-order chi connectivity index (χ1) is 12.2. The number of carbonyl (C=O) groups excluding carboxylic acids is 1. The van der Waals surface area contributed by atoms with Gasteiger partial charge in [0.05, 0.1) is 7.11 Å². The number of esters is 1. The summed E-state index contributed by atoms with van der Waals surface area (Å²) >= 11 is 0. The van der Waals surface area contributed by atoms with Crippen LogP contribution in [0.15, 0.2) is 0 Å². The molecule has 0 heterocycles. The van der Waals surface area contributed by atoms with Gasteiger partial charge in [-0.25, -0.2) is 0 Å². The normalized spacial score (nSPS) is 12.3. The van der Waals surface area contributed by atoms with Gasteiger partial charge in [-0.3, -0.25) is 4.79 Å². The van der Waals surface area contributed by atoms with Crippen molar-refractivity contribution in [3.8, 4) is 0 Å². The highest BCUT2D eigenvalue weighted by Crippen LogP contribution is 2.13. The van der Waals surface area contributed by atoms with Gasteiger partial charge >= 0.3 is 5.97 Å².